The molecule has 0 aromatic rings. The fourth-order valence-corrected chi connectivity index (χ4v) is 23.4. The van der Waals surface area contributed by atoms with E-state index in [1.807, 2.05) is 0 Å². The smallest absolute Gasteiger partial charge is 0.285 e. The van der Waals surface area contributed by atoms with Gasteiger partial charge in [0.05, 0.1) is 5.88 Å². The largest absolute Gasteiger partial charge is 0.461 e. The van der Waals surface area contributed by atoms with Crippen molar-refractivity contribution in [2.75, 3.05) is 19.2 Å². The Morgan fingerprint density at radius 1 is 0.862 bits per heavy atom. The van der Waals surface area contributed by atoms with Gasteiger partial charge in [0, 0.05) is 14.4 Å². The Hall–Kier alpha value is 0.190. The lowest BCUT2D eigenvalue weighted by Gasteiger charge is -2.64. The molecule has 0 N–H and O–H groups in total. The number of alkyl halides is 8. The predicted octanol–water partition coefficient (Wildman–Crippen LogP) is 5.25. The molecule has 0 spiro atoms. The van der Waals surface area contributed by atoms with Crippen LogP contribution in [-0.2, 0) is 24.0 Å². The number of hydrogen-bond acceptors (Lipinski definition) is 9. The minimum Gasteiger partial charge on any atom is -0.285 e. The molecule has 0 aliphatic carbocycles. The lowest BCUT2D eigenvalue weighted by atomic mass is 10.8. The molecule has 170 valence electrons. The predicted molar refractivity (Wildman–Crippen MR) is 104 cm³/mol. The molecule has 0 fully saturated rings. The fourth-order valence-electron chi connectivity index (χ4n) is 1.25. The summed E-state index contributed by atoms with van der Waals surface area (Å²) in [5, 5.41) is -11.4. The summed E-state index contributed by atoms with van der Waals surface area (Å²) in [4.78, 5) is 59.3. The molecule has 0 saturated carbocycles. The van der Waals surface area contributed by atoms with Crippen molar-refractivity contribution in [1.29, 1.82) is 0 Å². The first kappa shape index (κ1) is 29.2. The third kappa shape index (κ3) is 6.58. The molecule has 0 saturated heterocycles. The van der Waals surface area contributed by atoms with Gasteiger partial charge in [-0.15, -0.1) is 11.6 Å². The number of halogens is 9. The van der Waals surface area contributed by atoms with Crippen molar-refractivity contribution in [2.45, 2.75) is 12.6 Å². The first-order chi connectivity index (χ1) is 12.9. The molecule has 0 radical (unpaired) electrons. The fraction of sp³-hybridized carbons (Fsp3) is 0.500. The zero-order valence-corrected chi connectivity index (χ0v) is 18.8. The highest BCUT2D eigenvalue weighted by Crippen LogP contribution is 3.20. The summed E-state index contributed by atoms with van der Waals surface area (Å²) < 4.78 is 83.3. The molecule has 0 amide bonds. The molecule has 19 heteroatoms. The van der Waals surface area contributed by atoms with E-state index in [9.17, 15) is 54.7 Å². The summed E-state index contributed by atoms with van der Waals surface area (Å²) in [6.07, 6.45) is -9.89. The van der Waals surface area contributed by atoms with E-state index in [-0.39, 0.29) is 0 Å². The van der Waals surface area contributed by atoms with Crippen LogP contribution in [0.2, 0.25) is 0 Å². The van der Waals surface area contributed by atoms with Gasteiger partial charge in [0.1, 0.15) is 0 Å². The number of carbonyl (C=O) groups excluding carboxylic acids is 5. The Bertz CT molecular complexity index is 731. The van der Waals surface area contributed by atoms with E-state index in [1.54, 1.807) is 0 Å². The Morgan fingerprint density at radius 2 is 1.34 bits per heavy atom. The van der Waals surface area contributed by atoms with Crippen LogP contribution in [0.1, 0.15) is 0 Å². The summed E-state index contributed by atoms with van der Waals surface area (Å²) in [5.74, 6) is -1.18. The highest BCUT2D eigenvalue weighted by Gasteiger charge is 2.75. The molecule has 5 nitrogen and oxygen atoms in total. The van der Waals surface area contributed by atoms with Gasteiger partial charge in [0.15, 0.2) is 13.3 Å². The second-order valence-electron chi connectivity index (χ2n) is 4.33. The highest BCUT2D eigenvalue weighted by atomic mass is 35.8. The molecule has 0 atom stereocenters. The minimum absolute atomic E-state index is 0.842. The van der Waals surface area contributed by atoms with Crippen LogP contribution in [0.15, 0.2) is 0 Å². The molecular formula is C10H7Cl2F7O5S5. The average Bonchev–Trinajstić information content (AvgIpc) is 2.59. The second-order valence-corrected chi connectivity index (χ2v) is 29.8. The van der Waals surface area contributed by atoms with Gasteiger partial charge in [-0.3, -0.25) is 24.0 Å². The lowest BCUT2D eigenvalue weighted by molar-refractivity contribution is -0.160. The molecule has 0 aliphatic rings. The molecule has 0 unspecified atom stereocenters. The molecule has 0 bridgehead atoms. The van der Waals surface area contributed by atoms with Crippen molar-refractivity contribution in [1.82, 2.24) is 0 Å². The zero-order chi connectivity index (χ0) is 23.3. The molecule has 0 heterocycles. The Balaban J connectivity index is 7.35. The maximum Gasteiger partial charge on any atom is 0.461 e. The van der Waals surface area contributed by atoms with E-state index >= 15 is 0 Å². The Kier molecular flexibility index (Phi) is 9.83. The van der Waals surface area contributed by atoms with Crippen molar-refractivity contribution in [3.05, 3.63) is 0 Å². The normalized spacial score (nSPS) is 14.8. The van der Waals surface area contributed by atoms with Crippen molar-refractivity contribution in [3.8, 4) is 0 Å². The number of rotatable bonds is 4. The summed E-state index contributed by atoms with van der Waals surface area (Å²) in [6, 6.07) is 0. The SMILES string of the molecule is O=C(CF)SS(Cl)(SC(=O)CCl)(SC(=O)C(F)F)(SC(=O)C(F)(F)F)C(=O)CF. The summed E-state index contributed by atoms with van der Waals surface area (Å²) >= 11 is 5.18. The molecule has 0 rings (SSSR count). The van der Waals surface area contributed by atoms with Gasteiger partial charge < -0.3 is 0 Å². The second kappa shape index (κ2) is 9.77. The van der Waals surface area contributed by atoms with E-state index in [0.717, 1.165) is 0 Å². The van der Waals surface area contributed by atoms with E-state index < -0.39 is 104 Å². The minimum atomic E-state index is -7.20. The van der Waals surface area contributed by atoms with E-state index in [1.165, 1.54) is 0 Å². The quantitative estimate of drug-likeness (QED) is 0.255. The van der Waals surface area contributed by atoms with Crippen LogP contribution < -0.4 is 0 Å². The first-order valence-electron chi connectivity index (χ1n) is 6.27. The van der Waals surface area contributed by atoms with Gasteiger partial charge in [-0.2, -0.15) is 13.2 Å². The van der Waals surface area contributed by atoms with Gasteiger partial charge in [-0.25, -0.2) is 17.6 Å². The molecule has 0 aromatic carbocycles. The van der Waals surface area contributed by atoms with E-state index in [2.05, 4.69) is 0 Å². The molecule has 0 aliphatic heterocycles. The topological polar surface area (TPSA) is 85.3 Å². The van der Waals surface area contributed by atoms with Crippen LogP contribution in [0.4, 0.5) is 30.7 Å². The third-order valence-corrected chi connectivity index (χ3v) is 25.0. The summed E-state index contributed by atoms with van der Waals surface area (Å²) in [6.45, 7) is -4.49. The van der Waals surface area contributed by atoms with Crippen molar-refractivity contribution >= 4 is 94.7 Å². The van der Waals surface area contributed by atoms with E-state index in [4.69, 9.17) is 22.3 Å². The van der Waals surface area contributed by atoms with Crippen LogP contribution >= 0.6 is 69.1 Å². The maximum absolute atomic E-state index is 13.4. The monoisotopic (exact) mass is 570 g/mol. The highest BCUT2D eigenvalue weighted by molar-refractivity contribution is 9.93. The number of carbonyl (C=O) groups is 5. The molecular weight excluding hydrogens is 564 g/mol. The van der Waals surface area contributed by atoms with Crippen LogP contribution in [0.25, 0.3) is 0 Å². The molecule has 29 heavy (non-hydrogen) atoms. The van der Waals surface area contributed by atoms with Gasteiger partial charge in [0.25, 0.3) is 5.12 Å². The van der Waals surface area contributed by atoms with Crippen molar-refractivity contribution in [3.63, 3.8) is 0 Å². The van der Waals surface area contributed by atoms with Crippen molar-refractivity contribution < 1.29 is 54.7 Å². The lowest BCUT2D eigenvalue weighted by Crippen LogP contribution is -2.35. The summed E-state index contributed by atoms with van der Waals surface area (Å²) in [5.41, 5.74) is 0. The van der Waals surface area contributed by atoms with Crippen LogP contribution in [-0.4, -0.2) is 57.4 Å². The first-order valence-corrected chi connectivity index (χ1v) is 15.4. The molecule has 0 aromatic heterocycles. The van der Waals surface area contributed by atoms with Crippen LogP contribution in [0.3, 0.4) is 0 Å². The van der Waals surface area contributed by atoms with Crippen molar-refractivity contribution in [2.24, 2.45) is 0 Å². The average molecular weight is 571 g/mol. The van der Waals surface area contributed by atoms with Gasteiger partial charge in [-0.05, 0) is 43.1 Å². The standard InChI is InChI=1S/C10H7Cl2F7O5S5/c11-1-4(20)25-29(12,6(22)3-14,26-5(21)2-13,27-8(23)7(15)16)28-9(24)10(17,18)19/h7H,1-3H2. The van der Waals surface area contributed by atoms with Gasteiger partial charge in [-0.1, -0.05) is 0 Å². The maximum atomic E-state index is 13.4. The van der Waals surface area contributed by atoms with E-state index in [0.29, 0.717) is 0 Å². The Morgan fingerprint density at radius 3 is 1.69 bits per heavy atom. The van der Waals surface area contributed by atoms with Gasteiger partial charge in [0.2, 0.25) is 15.3 Å². The van der Waals surface area contributed by atoms with Crippen LogP contribution in [0.5, 0.6) is 0 Å². The summed E-state index contributed by atoms with van der Waals surface area (Å²) in [7, 11) is 1.65. The zero-order valence-electron chi connectivity index (χ0n) is 13.2. The Labute approximate surface area is 180 Å². The third-order valence-electron chi connectivity index (χ3n) is 2.24. The number of hydrogen-bond donors (Lipinski definition) is 0. The van der Waals surface area contributed by atoms with Gasteiger partial charge >= 0.3 is 17.7 Å². The van der Waals surface area contributed by atoms with Crippen LogP contribution in [0, 0.1) is 0 Å².